The van der Waals surface area contributed by atoms with E-state index in [1.807, 2.05) is 38.1 Å². The molecule has 1 aliphatic rings. The Kier molecular flexibility index (Phi) is 10.6. The van der Waals surface area contributed by atoms with Gasteiger partial charge in [-0.1, -0.05) is 13.0 Å². The Labute approximate surface area is 236 Å². The molecule has 1 aromatic carbocycles. The topological polar surface area (TPSA) is 143 Å². The molecule has 1 fully saturated rings. The zero-order chi connectivity index (χ0) is 29.4. The van der Waals surface area contributed by atoms with E-state index in [9.17, 15) is 14.4 Å². The van der Waals surface area contributed by atoms with Crippen molar-refractivity contribution in [1.29, 1.82) is 0 Å². The van der Waals surface area contributed by atoms with Crippen molar-refractivity contribution in [3.63, 3.8) is 0 Å². The van der Waals surface area contributed by atoms with Gasteiger partial charge in [-0.05, 0) is 64.4 Å². The molecule has 2 aromatic rings. The van der Waals surface area contributed by atoms with Crippen molar-refractivity contribution in [3.8, 4) is 5.75 Å². The second kappa shape index (κ2) is 13.9. The van der Waals surface area contributed by atoms with Crippen molar-refractivity contribution >= 4 is 29.2 Å². The molecule has 40 heavy (non-hydrogen) atoms. The lowest BCUT2D eigenvalue weighted by molar-refractivity contribution is -0.135. The molecule has 3 rings (SSSR count). The summed E-state index contributed by atoms with van der Waals surface area (Å²) in [6.07, 6.45) is 6.54. The van der Waals surface area contributed by atoms with Crippen LogP contribution in [0.2, 0.25) is 0 Å². The molecule has 1 heterocycles. The van der Waals surface area contributed by atoms with Gasteiger partial charge in [0, 0.05) is 43.9 Å². The van der Waals surface area contributed by atoms with Gasteiger partial charge in [-0.15, -0.1) is 0 Å². The number of rotatable bonds is 14. The third kappa shape index (κ3) is 8.25. The summed E-state index contributed by atoms with van der Waals surface area (Å²) in [6.45, 7) is 4.68. The molecule has 4 N–H and O–H groups in total. The highest BCUT2D eigenvalue weighted by molar-refractivity contribution is 5.96. The van der Waals surface area contributed by atoms with Crippen LogP contribution in [0, 0.1) is 0 Å². The number of carbonyl (C=O) groups excluding carboxylic acids is 3. The highest BCUT2D eigenvalue weighted by atomic mass is 16.5. The van der Waals surface area contributed by atoms with Gasteiger partial charge in [-0.2, -0.15) is 0 Å². The van der Waals surface area contributed by atoms with Crippen LogP contribution in [0.3, 0.4) is 0 Å². The van der Waals surface area contributed by atoms with Crippen LogP contribution in [-0.2, 0) is 22.4 Å². The van der Waals surface area contributed by atoms with Crippen LogP contribution in [0.1, 0.15) is 60.0 Å². The summed E-state index contributed by atoms with van der Waals surface area (Å²) in [5, 5.41) is 6.12. The maximum absolute atomic E-state index is 12.7. The minimum Gasteiger partial charge on any atom is -0.497 e. The SMILES string of the molecule is CCc1nc(C(N)=O)c(Nc2cc(CCNC(=O)C(C)N(C)C(=O)C=CCN(C)C)cc(OC)c2)nc1C1CC1. The van der Waals surface area contributed by atoms with Crippen molar-refractivity contribution in [1.82, 2.24) is 25.1 Å². The van der Waals surface area contributed by atoms with Crippen LogP contribution in [0.4, 0.5) is 11.5 Å². The van der Waals surface area contributed by atoms with Gasteiger partial charge in [0.05, 0.1) is 18.5 Å². The average molecular weight is 552 g/mol. The number of primary amides is 1. The number of nitrogens with two attached hydrogens (primary N) is 1. The van der Waals surface area contributed by atoms with E-state index in [1.54, 1.807) is 33.2 Å². The average Bonchev–Trinajstić information content (AvgIpc) is 3.77. The molecule has 1 unspecified atom stereocenters. The zero-order valence-electron chi connectivity index (χ0n) is 24.3. The molecule has 0 bridgehead atoms. The first-order valence-electron chi connectivity index (χ1n) is 13.5. The van der Waals surface area contributed by atoms with Gasteiger partial charge in [0.2, 0.25) is 11.8 Å². The Morgan fingerprint density at radius 3 is 2.50 bits per heavy atom. The largest absolute Gasteiger partial charge is 0.497 e. The number of amides is 3. The predicted octanol–water partition coefficient (Wildman–Crippen LogP) is 2.39. The van der Waals surface area contributed by atoms with Crippen molar-refractivity contribution in [3.05, 3.63) is 53.0 Å². The first kappa shape index (κ1) is 30.6. The maximum Gasteiger partial charge on any atom is 0.271 e. The number of nitrogens with zero attached hydrogens (tertiary/aromatic N) is 4. The number of carbonyl (C=O) groups is 3. The third-order valence-electron chi connectivity index (χ3n) is 6.75. The van der Waals surface area contributed by atoms with E-state index in [1.165, 1.54) is 11.0 Å². The van der Waals surface area contributed by atoms with Gasteiger partial charge in [0.1, 0.15) is 11.8 Å². The Balaban J connectivity index is 1.68. The second-order valence-electron chi connectivity index (χ2n) is 10.3. The van der Waals surface area contributed by atoms with E-state index in [0.29, 0.717) is 49.1 Å². The summed E-state index contributed by atoms with van der Waals surface area (Å²) in [5.41, 5.74) is 9.00. The minimum atomic E-state index is -0.649. The van der Waals surface area contributed by atoms with Crippen LogP contribution in [-0.4, -0.2) is 84.9 Å². The molecule has 1 aromatic heterocycles. The fraction of sp³-hybridized carbons (Fsp3) is 0.483. The quantitative estimate of drug-likeness (QED) is 0.304. The normalized spacial score (nSPS) is 13.8. The smallest absolute Gasteiger partial charge is 0.271 e. The first-order chi connectivity index (χ1) is 19.0. The molecule has 0 aliphatic heterocycles. The number of methoxy groups -OCH3 is 1. The van der Waals surface area contributed by atoms with Crippen molar-refractivity contribution < 1.29 is 19.1 Å². The number of ether oxygens (including phenoxy) is 1. The van der Waals surface area contributed by atoms with Crippen LogP contribution in [0.25, 0.3) is 0 Å². The molecule has 1 saturated carbocycles. The fourth-order valence-corrected chi connectivity index (χ4v) is 4.14. The van der Waals surface area contributed by atoms with E-state index in [0.717, 1.165) is 29.8 Å². The molecule has 1 atom stereocenters. The van der Waals surface area contributed by atoms with Crippen molar-refractivity contribution in [2.45, 2.75) is 51.5 Å². The molecule has 11 nitrogen and oxygen atoms in total. The van der Waals surface area contributed by atoms with Crippen LogP contribution in [0.5, 0.6) is 5.75 Å². The summed E-state index contributed by atoms with van der Waals surface area (Å²) < 4.78 is 5.48. The van der Waals surface area contributed by atoms with E-state index < -0.39 is 11.9 Å². The highest BCUT2D eigenvalue weighted by Crippen LogP contribution is 2.41. The number of nitrogens with one attached hydrogen (secondary N) is 2. The first-order valence-corrected chi connectivity index (χ1v) is 13.5. The molecule has 0 spiro atoms. The summed E-state index contributed by atoms with van der Waals surface area (Å²) in [6, 6.07) is 4.95. The summed E-state index contributed by atoms with van der Waals surface area (Å²) in [5.74, 6) is 0.158. The Morgan fingerprint density at radius 2 is 1.90 bits per heavy atom. The lowest BCUT2D eigenvalue weighted by atomic mass is 10.1. The highest BCUT2D eigenvalue weighted by Gasteiger charge is 2.30. The number of aromatic nitrogens is 2. The maximum atomic E-state index is 12.7. The number of benzene rings is 1. The molecule has 0 radical (unpaired) electrons. The number of aryl methyl sites for hydroxylation is 1. The minimum absolute atomic E-state index is 0.0992. The van der Waals surface area contributed by atoms with Crippen molar-refractivity contribution in [2.75, 3.05) is 46.7 Å². The molecule has 3 amide bonds. The molecular formula is C29H41N7O4. The predicted molar refractivity (Wildman–Crippen MR) is 155 cm³/mol. The molecule has 11 heteroatoms. The van der Waals surface area contributed by atoms with Gasteiger partial charge in [-0.3, -0.25) is 14.4 Å². The molecular weight excluding hydrogens is 510 g/mol. The standard InChI is InChI=1S/C29H41N7O4/c1-7-23-25(20-10-11-20)34-28(26(33-23)27(30)38)32-21-15-19(16-22(17-21)40-6)12-13-31-29(39)18(2)36(5)24(37)9-8-14-35(3)4/h8-9,15-18,20H,7,10-14H2,1-6H3,(H2,30,38)(H,31,39)(H,32,34). The number of likely N-dealkylation sites (N-methyl/N-ethyl adjacent to an activating group) is 2. The summed E-state index contributed by atoms with van der Waals surface area (Å²) >= 11 is 0. The van der Waals surface area contributed by atoms with E-state index in [2.05, 4.69) is 15.6 Å². The van der Waals surface area contributed by atoms with E-state index >= 15 is 0 Å². The van der Waals surface area contributed by atoms with Gasteiger partial charge < -0.3 is 30.9 Å². The van der Waals surface area contributed by atoms with Gasteiger partial charge >= 0.3 is 0 Å². The van der Waals surface area contributed by atoms with E-state index in [4.69, 9.17) is 15.5 Å². The summed E-state index contributed by atoms with van der Waals surface area (Å²) in [4.78, 5) is 49.9. The monoisotopic (exact) mass is 551 g/mol. The Morgan fingerprint density at radius 1 is 1.18 bits per heavy atom. The number of hydrogen-bond donors (Lipinski definition) is 3. The van der Waals surface area contributed by atoms with Gasteiger partial charge in [0.15, 0.2) is 11.5 Å². The summed E-state index contributed by atoms with van der Waals surface area (Å²) in [7, 11) is 7.01. The lowest BCUT2D eigenvalue weighted by Gasteiger charge is -2.23. The Hall–Kier alpha value is -3.99. The van der Waals surface area contributed by atoms with Gasteiger partial charge in [0.25, 0.3) is 5.91 Å². The van der Waals surface area contributed by atoms with Crippen molar-refractivity contribution in [2.24, 2.45) is 5.73 Å². The second-order valence-corrected chi connectivity index (χ2v) is 10.3. The zero-order valence-corrected chi connectivity index (χ0v) is 24.3. The Bertz CT molecular complexity index is 1260. The van der Waals surface area contributed by atoms with Gasteiger partial charge in [-0.25, -0.2) is 9.97 Å². The van der Waals surface area contributed by atoms with E-state index in [-0.39, 0.29) is 17.5 Å². The third-order valence-corrected chi connectivity index (χ3v) is 6.75. The van der Waals surface area contributed by atoms with Crippen LogP contribution in [0.15, 0.2) is 30.4 Å². The number of hydrogen-bond acceptors (Lipinski definition) is 8. The van der Waals surface area contributed by atoms with Crippen LogP contribution < -0.4 is 21.1 Å². The molecule has 216 valence electrons. The fourth-order valence-electron chi connectivity index (χ4n) is 4.14. The molecule has 0 saturated heterocycles. The lowest BCUT2D eigenvalue weighted by Crippen LogP contribution is -2.45. The molecule has 1 aliphatic carbocycles. The number of anilines is 2. The van der Waals surface area contributed by atoms with Crippen LogP contribution >= 0.6 is 0 Å².